The molecule has 0 aliphatic rings. The molecule has 0 unspecified atom stereocenters. The van der Waals surface area contributed by atoms with Crippen molar-refractivity contribution in [2.45, 2.75) is 13.3 Å². The Hall–Kier alpha value is -1.67. The van der Waals surface area contributed by atoms with Crippen LogP contribution in [0, 0.1) is 5.82 Å². The lowest BCUT2D eigenvalue weighted by Crippen LogP contribution is -2.35. The van der Waals surface area contributed by atoms with Gasteiger partial charge in [0.1, 0.15) is 11.5 Å². The second kappa shape index (κ2) is 5.14. The molecule has 0 atom stereocenters. The molecular weight excluding hydrogens is 237 g/mol. The highest BCUT2D eigenvalue weighted by molar-refractivity contribution is 5.68. The van der Waals surface area contributed by atoms with E-state index in [0.717, 1.165) is 22.0 Å². The average molecular weight is 258 g/mol. The number of quaternary nitrogens is 1. The molecule has 0 amide bonds. The molecule has 2 rings (SSSR count). The van der Waals surface area contributed by atoms with Gasteiger partial charge in [0.25, 0.3) is 0 Å². The Morgan fingerprint density at radius 2 is 1.47 bits per heavy atom. The lowest BCUT2D eigenvalue weighted by molar-refractivity contribution is 0.482. The zero-order chi connectivity index (χ0) is 14.0. The number of hydrogen-bond acceptors (Lipinski definition) is 0. The molecule has 0 fully saturated rings. The van der Waals surface area contributed by atoms with Crippen LogP contribution in [0.3, 0.4) is 0 Å². The van der Waals surface area contributed by atoms with Gasteiger partial charge in [-0.05, 0) is 47.9 Å². The quantitative estimate of drug-likeness (QED) is 0.722. The first-order valence-electron chi connectivity index (χ1n) is 6.62. The van der Waals surface area contributed by atoms with Gasteiger partial charge in [-0.15, -0.1) is 0 Å². The van der Waals surface area contributed by atoms with Gasteiger partial charge in [-0.1, -0.05) is 19.1 Å². The molecule has 0 saturated heterocycles. The van der Waals surface area contributed by atoms with Crippen molar-refractivity contribution < 1.29 is 4.39 Å². The molecule has 0 heterocycles. The van der Waals surface area contributed by atoms with Crippen LogP contribution in [0.1, 0.15) is 12.5 Å². The predicted molar refractivity (Wildman–Crippen MR) is 80.8 cm³/mol. The van der Waals surface area contributed by atoms with Crippen molar-refractivity contribution in [2.75, 3.05) is 21.1 Å². The molecule has 19 heavy (non-hydrogen) atoms. The Kier molecular flexibility index (Phi) is 3.72. The van der Waals surface area contributed by atoms with Gasteiger partial charge in [-0.25, -0.2) is 4.39 Å². The van der Waals surface area contributed by atoms with Crippen LogP contribution in [0.2, 0.25) is 0 Å². The summed E-state index contributed by atoms with van der Waals surface area (Å²) in [6, 6.07) is 13.2. The largest absolute Gasteiger partial charge is 0.298 e. The summed E-state index contributed by atoms with van der Waals surface area (Å²) in [5.74, 6) is -0.192. The molecular formula is C17H21FN+. The van der Waals surface area contributed by atoms with E-state index in [4.69, 9.17) is 0 Å². The van der Waals surface area contributed by atoms with E-state index in [1.165, 1.54) is 23.4 Å². The van der Waals surface area contributed by atoms with Gasteiger partial charge in [-0.2, -0.15) is 0 Å². The van der Waals surface area contributed by atoms with Crippen LogP contribution in [0.4, 0.5) is 10.1 Å². The molecule has 0 aliphatic carbocycles. The van der Waals surface area contributed by atoms with E-state index in [-0.39, 0.29) is 5.82 Å². The van der Waals surface area contributed by atoms with Crippen LogP contribution in [0.25, 0.3) is 11.1 Å². The number of rotatable bonds is 3. The highest BCUT2D eigenvalue weighted by Gasteiger charge is 2.17. The van der Waals surface area contributed by atoms with Gasteiger partial charge >= 0.3 is 0 Å². The molecule has 2 heteroatoms. The van der Waals surface area contributed by atoms with Crippen LogP contribution in [-0.2, 0) is 6.42 Å². The highest BCUT2D eigenvalue weighted by Crippen LogP contribution is 2.29. The number of halogens is 1. The molecule has 0 bridgehead atoms. The Morgan fingerprint density at radius 1 is 0.895 bits per heavy atom. The predicted octanol–water partition coefficient (Wildman–Crippen LogP) is 4.25. The molecule has 0 radical (unpaired) electrons. The van der Waals surface area contributed by atoms with Crippen molar-refractivity contribution in [1.82, 2.24) is 4.48 Å². The van der Waals surface area contributed by atoms with Crippen molar-refractivity contribution in [3.63, 3.8) is 0 Å². The van der Waals surface area contributed by atoms with E-state index in [1.54, 1.807) is 0 Å². The number of hydrogen-bond donors (Lipinski definition) is 0. The van der Waals surface area contributed by atoms with E-state index < -0.39 is 0 Å². The minimum atomic E-state index is -0.192. The minimum absolute atomic E-state index is 0.192. The molecule has 0 N–H and O–H groups in total. The Bertz CT molecular complexity index is 565. The van der Waals surface area contributed by atoms with Crippen molar-refractivity contribution in [3.05, 3.63) is 53.8 Å². The molecule has 1 nitrogen and oxygen atoms in total. The first-order chi connectivity index (χ1) is 8.91. The van der Waals surface area contributed by atoms with Crippen molar-refractivity contribution in [2.24, 2.45) is 0 Å². The van der Waals surface area contributed by atoms with E-state index in [2.05, 4.69) is 46.3 Å². The third-order valence-corrected chi connectivity index (χ3v) is 3.36. The van der Waals surface area contributed by atoms with Gasteiger partial charge in [0, 0.05) is 5.56 Å². The third kappa shape index (κ3) is 3.02. The van der Waals surface area contributed by atoms with Crippen LogP contribution < -0.4 is 4.48 Å². The second-order valence-corrected chi connectivity index (χ2v) is 5.72. The first-order valence-corrected chi connectivity index (χ1v) is 6.62. The fourth-order valence-corrected chi connectivity index (χ4v) is 2.35. The maximum atomic E-state index is 13.0. The molecule has 2 aromatic carbocycles. The monoisotopic (exact) mass is 258 g/mol. The average Bonchev–Trinajstić information content (AvgIpc) is 2.38. The molecule has 0 aliphatic heterocycles. The van der Waals surface area contributed by atoms with Gasteiger partial charge in [0.05, 0.1) is 21.1 Å². The zero-order valence-electron chi connectivity index (χ0n) is 12.1. The molecule has 0 spiro atoms. The van der Waals surface area contributed by atoms with Crippen LogP contribution in [0.15, 0.2) is 42.5 Å². The van der Waals surface area contributed by atoms with Gasteiger partial charge in [0.15, 0.2) is 0 Å². The summed E-state index contributed by atoms with van der Waals surface area (Å²) < 4.78 is 13.8. The van der Waals surface area contributed by atoms with Crippen LogP contribution >= 0.6 is 0 Å². The standard InChI is InChI=1S/C17H21FN/c1-5-13-12-15(8-11-17(13)19(2,3)4)14-6-9-16(18)10-7-14/h6-12H,5H2,1-4H3/q+1. The lowest BCUT2D eigenvalue weighted by atomic mass is 9.99. The summed E-state index contributed by atoms with van der Waals surface area (Å²) in [6.07, 6.45) is 1.000. The summed E-state index contributed by atoms with van der Waals surface area (Å²) in [5, 5.41) is 0. The Labute approximate surface area is 114 Å². The van der Waals surface area contributed by atoms with Crippen LogP contribution in [-0.4, -0.2) is 21.1 Å². The number of benzene rings is 2. The molecule has 2 aromatic rings. The zero-order valence-corrected chi connectivity index (χ0v) is 12.1. The van der Waals surface area contributed by atoms with E-state index in [1.807, 2.05) is 12.1 Å². The second-order valence-electron chi connectivity index (χ2n) is 5.72. The highest BCUT2D eigenvalue weighted by atomic mass is 19.1. The normalized spacial score (nSPS) is 11.6. The van der Waals surface area contributed by atoms with Crippen LogP contribution in [0.5, 0.6) is 0 Å². The van der Waals surface area contributed by atoms with Gasteiger partial charge in [0.2, 0.25) is 0 Å². The van der Waals surface area contributed by atoms with Crippen molar-refractivity contribution in [1.29, 1.82) is 0 Å². The summed E-state index contributed by atoms with van der Waals surface area (Å²) >= 11 is 0. The summed E-state index contributed by atoms with van der Waals surface area (Å²) in [4.78, 5) is 0. The molecule has 0 saturated carbocycles. The number of nitrogens with zero attached hydrogens (tertiary/aromatic N) is 1. The van der Waals surface area contributed by atoms with Crippen molar-refractivity contribution >= 4 is 5.69 Å². The molecule has 100 valence electrons. The van der Waals surface area contributed by atoms with Gasteiger partial charge in [-0.3, -0.25) is 4.48 Å². The molecule has 0 aromatic heterocycles. The van der Waals surface area contributed by atoms with E-state index in [9.17, 15) is 4.39 Å². The Balaban J connectivity index is 2.47. The SMILES string of the molecule is CCc1cc(-c2ccc(F)cc2)ccc1[N+](C)(C)C. The van der Waals surface area contributed by atoms with Gasteiger partial charge < -0.3 is 0 Å². The smallest absolute Gasteiger partial charge is 0.135 e. The number of aryl methyl sites for hydroxylation is 1. The maximum Gasteiger partial charge on any atom is 0.135 e. The maximum absolute atomic E-state index is 13.0. The summed E-state index contributed by atoms with van der Waals surface area (Å²) in [7, 11) is 6.52. The summed E-state index contributed by atoms with van der Waals surface area (Å²) in [6.45, 7) is 2.17. The topological polar surface area (TPSA) is 0 Å². The third-order valence-electron chi connectivity index (χ3n) is 3.36. The first kappa shape index (κ1) is 13.8. The minimum Gasteiger partial charge on any atom is -0.298 e. The van der Waals surface area contributed by atoms with Crippen molar-refractivity contribution in [3.8, 4) is 11.1 Å². The fourth-order valence-electron chi connectivity index (χ4n) is 2.35. The van der Waals surface area contributed by atoms with E-state index in [0.29, 0.717) is 0 Å². The Morgan fingerprint density at radius 3 is 2.00 bits per heavy atom. The van der Waals surface area contributed by atoms with E-state index >= 15 is 0 Å². The fraction of sp³-hybridized carbons (Fsp3) is 0.294. The lowest BCUT2D eigenvalue weighted by Gasteiger charge is -2.26. The summed E-state index contributed by atoms with van der Waals surface area (Å²) in [5.41, 5.74) is 4.88.